The lowest BCUT2D eigenvalue weighted by Crippen LogP contribution is -2.42. The fraction of sp³-hybridized carbons (Fsp3) is 0.500. The molecule has 15 heavy (non-hydrogen) atoms. The molecule has 0 aromatic carbocycles. The maximum Gasteiger partial charge on any atom is 0.149 e. The summed E-state index contributed by atoms with van der Waals surface area (Å²) in [6.07, 6.45) is 6.24. The van der Waals surface area contributed by atoms with Crippen LogP contribution in [0.4, 0.5) is 0 Å². The minimum Gasteiger partial charge on any atom is -0.463 e. The second-order valence-corrected chi connectivity index (χ2v) is 3.87. The third-order valence-electron chi connectivity index (χ3n) is 2.73. The van der Waals surface area contributed by atoms with Crippen molar-refractivity contribution in [1.82, 2.24) is 10.6 Å². The average molecular weight is 206 g/mol. The van der Waals surface area contributed by atoms with Crippen molar-refractivity contribution in [1.29, 1.82) is 0 Å². The third-order valence-corrected chi connectivity index (χ3v) is 2.73. The summed E-state index contributed by atoms with van der Waals surface area (Å²) in [7, 11) is 0. The van der Waals surface area contributed by atoms with Crippen LogP contribution in [0.15, 0.2) is 28.9 Å². The van der Waals surface area contributed by atoms with Gasteiger partial charge in [0.15, 0.2) is 0 Å². The smallest absolute Gasteiger partial charge is 0.149 e. The van der Waals surface area contributed by atoms with Gasteiger partial charge in [0.2, 0.25) is 0 Å². The fourth-order valence-corrected chi connectivity index (χ4v) is 1.92. The van der Waals surface area contributed by atoms with Gasteiger partial charge in [-0.25, -0.2) is 0 Å². The Morgan fingerprint density at radius 2 is 2.60 bits per heavy atom. The first-order valence-electron chi connectivity index (χ1n) is 5.57. The van der Waals surface area contributed by atoms with Crippen molar-refractivity contribution in [3.63, 3.8) is 0 Å². The van der Waals surface area contributed by atoms with E-state index in [1.165, 1.54) is 12.8 Å². The van der Waals surface area contributed by atoms with Crippen molar-refractivity contribution >= 4 is 5.70 Å². The molecule has 1 aliphatic rings. The summed E-state index contributed by atoms with van der Waals surface area (Å²) < 4.78 is 5.38. The molecule has 1 fully saturated rings. The summed E-state index contributed by atoms with van der Waals surface area (Å²) in [5.74, 6) is 0.920. The van der Waals surface area contributed by atoms with E-state index in [9.17, 15) is 0 Å². The maximum atomic E-state index is 5.38. The third kappa shape index (κ3) is 2.63. The second-order valence-electron chi connectivity index (χ2n) is 3.87. The zero-order valence-electron chi connectivity index (χ0n) is 9.12. The lowest BCUT2D eigenvalue weighted by atomic mass is 10.1. The number of rotatable bonds is 3. The molecule has 0 amide bonds. The monoisotopic (exact) mass is 206 g/mol. The molecule has 1 aromatic rings. The molecule has 0 bridgehead atoms. The summed E-state index contributed by atoms with van der Waals surface area (Å²) in [6.45, 7) is 4.21. The predicted molar refractivity (Wildman–Crippen MR) is 61.4 cm³/mol. The standard InChI is InChI=1S/C12H18N2O/c1-2-11(12-6-4-8-15-12)14-10-5-3-7-13-9-10/h2,4,6,8,10,13-14H,3,5,7,9H2,1H3/b11-2+. The van der Waals surface area contributed by atoms with E-state index in [4.69, 9.17) is 4.42 Å². The number of furan rings is 1. The Balaban J connectivity index is 1.97. The van der Waals surface area contributed by atoms with Gasteiger partial charge < -0.3 is 15.1 Å². The Kier molecular flexibility index (Phi) is 3.45. The minimum absolute atomic E-state index is 0.523. The molecule has 3 heteroatoms. The van der Waals surface area contributed by atoms with Crippen molar-refractivity contribution < 1.29 is 4.42 Å². The molecular formula is C12H18N2O. The molecular weight excluding hydrogens is 188 g/mol. The maximum absolute atomic E-state index is 5.38. The van der Waals surface area contributed by atoms with Crippen LogP contribution in [0.2, 0.25) is 0 Å². The van der Waals surface area contributed by atoms with Gasteiger partial charge in [-0.3, -0.25) is 0 Å². The molecule has 2 rings (SSSR count). The highest BCUT2D eigenvalue weighted by atomic mass is 16.3. The number of allylic oxidation sites excluding steroid dienone is 1. The first kappa shape index (κ1) is 10.3. The van der Waals surface area contributed by atoms with Crippen LogP contribution in [0.5, 0.6) is 0 Å². The second kappa shape index (κ2) is 5.03. The van der Waals surface area contributed by atoms with Crippen molar-refractivity contribution in [2.24, 2.45) is 0 Å². The Labute approximate surface area is 90.5 Å². The highest BCUT2D eigenvalue weighted by Gasteiger charge is 2.14. The van der Waals surface area contributed by atoms with Crippen LogP contribution in [0, 0.1) is 0 Å². The van der Waals surface area contributed by atoms with E-state index in [1.54, 1.807) is 6.26 Å². The van der Waals surface area contributed by atoms with Gasteiger partial charge in [0.05, 0.1) is 12.0 Å². The van der Waals surface area contributed by atoms with Gasteiger partial charge in [0.1, 0.15) is 5.76 Å². The molecule has 0 aliphatic carbocycles. The highest BCUT2D eigenvalue weighted by Crippen LogP contribution is 2.14. The Morgan fingerprint density at radius 1 is 1.67 bits per heavy atom. The molecule has 3 nitrogen and oxygen atoms in total. The van der Waals surface area contributed by atoms with Crippen molar-refractivity contribution in [3.05, 3.63) is 30.2 Å². The van der Waals surface area contributed by atoms with Gasteiger partial charge in [0, 0.05) is 12.6 Å². The van der Waals surface area contributed by atoms with E-state index in [0.29, 0.717) is 6.04 Å². The number of hydrogen-bond donors (Lipinski definition) is 2. The summed E-state index contributed by atoms with van der Waals surface area (Å²) in [5, 5.41) is 6.90. The van der Waals surface area contributed by atoms with Crippen LogP contribution < -0.4 is 10.6 Å². The van der Waals surface area contributed by atoms with Gasteiger partial charge in [-0.2, -0.15) is 0 Å². The zero-order valence-corrected chi connectivity index (χ0v) is 9.12. The molecule has 2 heterocycles. The van der Waals surface area contributed by atoms with E-state index < -0.39 is 0 Å². The highest BCUT2D eigenvalue weighted by molar-refractivity contribution is 5.59. The van der Waals surface area contributed by atoms with Gasteiger partial charge >= 0.3 is 0 Å². The molecule has 1 unspecified atom stereocenters. The minimum atomic E-state index is 0.523. The molecule has 0 radical (unpaired) electrons. The van der Waals surface area contributed by atoms with Gasteiger partial charge in [-0.05, 0) is 38.4 Å². The Morgan fingerprint density at radius 3 is 3.20 bits per heavy atom. The topological polar surface area (TPSA) is 37.2 Å². The van der Waals surface area contributed by atoms with E-state index in [0.717, 1.165) is 24.5 Å². The van der Waals surface area contributed by atoms with E-state index in [2.05, 4.69) is 16.7 Å². The van der Waals surface area contributed by atoms with Crippen molar-refractivity contribution in [2.75, 3.05) is 13.1 Å². The van der Waals surface area contributed by atoms with Gasteiger partial charge in [0.25, 0.3) is 0 Å². The lowest BCUT2D eigenvalue weighted by molar-refractivity contribution is 0.422. The molecule has 1 aliphatic heterocycles. The lowest BCUT2D eigenvalue weighted by Gasteiger charge is -2.25. The van der Waals surface area contributed by atoms with Crippen LogP contribution in [0.25, 0.3) is 5.70 Å². The van der Waals surface area contributed by atoms with Crippen LogP contribution in [-0.2, 0) is 0 Å². The normalized spacial score (nSPS) is 22.7. The summed E-state index contributed by atoms with van der Waals surface area (Å²) in [4.78, 5) is 0. The summed E-state index contributed by atoms with van der Waals surface area (Å²) >= 11 is 0. The molecule has 0 saturated carbocycles. The molecule has 1 aromatic heterocycles. The summed E-state index contributed by atoms with van der Waals surface area (Å²) in [6, 6.07) is 4.42. The molecule has 1 atom stereocenters. The quantitative estimate of drug-likeness (QED) is 0.794. The first-order valence-corrected chi connectivity index (χ1v) is 5.57. The molecule has 0 spiro atoms. The molecule has 82 valence electrons. The van der Waals surface area contributed by atoms with E-state index >= 15 is 0 Å². The van der Waals surface area contributed by atoms with Crippen molar-refractivity contribution in [3.8, 4) is 0 Å². The summed E-state index contributed by atoms with van der Waals surface area (Å²) in [5.41, 5.74) is 1.09. The van der Waals surface area contributed by atoms with Crippen molar-refractivity contribution in [2.45, 2.75) is 25.8 Å². The van der Waals surface area contributed by atoms with Gasteiger partial charge in [-0.1, -0.05) is 6.08 Å². The Bertz CT molecular complexity index is 310. The molecule has 2 N–H and O–H groups in total. The number of piperidine rings is 1. The first-order chi connectivity index (χ1) is 7.40. The largest absolute Gasteiger partial charge is 0.463 e. The van der Waals surface area contributed by atoms with Crippen LogP contribution in [0.3, 0.4) is 0 Å². The SMILES string of the molecule is C/C=C(/NC1CCCNC1)c1ccco1. The van der Waals surface area contributed by atoms with E-state index in [1.807, 2.05) is 19.1 Å². The van der Waals surface area contributed by atoms with Crippen LogP contribution in [0.1, 0.15) is 25.5 Å². The van der Waals surface area contributed by atoms with Crippen LogP contribution >= 0.6 is 0 Å². The number of hydrogen-bond acceptors (Lipinski definition) is 3. The van der Waals surface area contributed by atoms with Crippen LogP contribution in [-0.4, -0.2) is 19.1 Å². The van der Waals surface area contributed by atoms with Gasteiger partial charge in [-0.15, -0.1) is 0 Å². The predicted octanol–water partition coefficient (Wildman–Crippen LogP) is 1.98. The zero-order chi connectivity index (χ0) is 10.5. The Hall–Kier alpha value is -1.22. The van der Waals surface area contributed by atoms with E-state index in [-0.39, 0.29) is 0 Å². The number of nitrogens with one attached hydrogen (secondary N) is 2. The average Bonchev–Trinajstić information content (AvgIpc) is 2.81. The fourth-order valence-electron chi connectivity index (χ4n) is 1.92. The molecule has 1 saturated heterocycles.